The molecular formula is C11H17N3O3S2. The fourth-order valence-corrected chi connectivity index (χ4v) is 4.29. The maximum absolute atomic E-state index is 12.1. The number of carbonyl (C=O) groups excluding carboxylic acids is 1. The molecule has 2 rings (SSSR count). The van der Waals surface area contributed by atoms with Crippen LogP contribution in [0.5, 0.6) is 0 Å². The molecule has 106 valence electrons. The molecule has 0 aliphatic heterocycles. The number of primary sulfonamides is 1. The molecule has 3 N–H and O–H groups in total. The van der Waals surface area contributed by atoms with Crippen LogP contribution in [-0.2, 0) is 14.8 Å². The summed E-state index contributed by atoms with van der Waals surface area (Å²) in [6.45, 7) is 3.62. The van der Waals surface area contributed by atoms with Crippen LogP contribution in [0.3, 0.4) is 0 Å². The number of aromatic nitrogens is 1. The number of amides is 1. The minimum atomic E-state index is -3.77. The third-order valence-corrected chi connectivity index (χ3v) is 6.07. The van der Waals surface area contributed by atoms with Gasteiger partial charge in [0, 0.05) is 5.92 Å². The van der Waals surface area contributed by atoms with E-state index in [0.717, 1.165) is 30.6 Å². The Morgan fingerprint density at radius 3 is 2.63 bits per heavy atom. The van der Waals surface area contributed by atoms with Gasteiger partial charge in [0.2, 0.25) is 15.9 Å². The number of nitrogens with zero attached hydrogens (tertiary/aromatic N) is 1. The maximum Gasteiger partial charge on any atom is 0.249 e. The van der Waals surface area contributed by atoms with Crippen LogP contribution in [0.25, 0.3) is 0 Å². The number of rotatable bonds is 3. The number of nitrogens with two attached hydrogens (primary N) is 1. The van der Waals surface area contributed by atoms with Gasteiger partial charge < -0.3 is 5.32 Å². The summed E-state index contributed by atoms with van der Waals surface area (Å²) in [7, 11) is -3.77. The third-order valence-electron chi connectivity index (χ3n) is 3.44. The van der Waals surface area contributed by atoms with E-state index in [0.29, 0.717) is 16.7 Å². The Hall–Kier alpha value is -0.990. The maximum atomic E-state index is 12.1. The molecule has 6 nitrogen and oxygen atoms in total. The van der Waals surface area contributed by atoms with Gasteiger partial charge in [-0.05, 0) is 25.7 Å². The Balaban J connectivity index is 2.14. The summed E-state index contributed by atoms with van der Waals surface area (Å²) in [6.07, 6.45) is 2.98. The molecular weight excluding hydrogens is 286 g/mol. The highest BCUT2D eigenvalue weighted by Crippen LogP contribution is 2.33. The quantitative estimate of drug-likeness (QED) is 0.882. The lowest BCUT2D eigenvalue weighted by Crippen LogP contribution is -2.24. The van der Waals surface area contributed by atoms with E-state index in [2.05, 4.69) is 17.2 Å². The highest BCUT2D eigenvalue weighted by Gasteiger charge is 2.30. The van der Waals surface area contributed by atoms with Gasteiger partial charge in [-0.15, -0.1) is 0 Å². The van der Waals surface area contributed by atoms with E-state index >= 15 is 0 Å². The van der Waals surface area contributed by atoms with Gasteiger partial charge in [-0.25, -0.2) is 18.5 Å². The number of hydrogen-bond acceptors (Lipinski definition) is 5. The van der Waals surface area contributed by atoms with Gasteiger partial charge in [0.25, 0.3) is 0 Å². The summed E-state index contributed by atoms with van der Waals surface area (Å²) < 4.78 is 22.6. The van der Waals surface area contributed by atoms with E-state index in [9.17, 15) is 13.2 Å². The van der Waals surface area contributed by atoms with Crippen LogP contribution in [0.4, 0.5) is 5.13 Å². The molecule has 1 aromatic rings. The van der Waals surface area contributed by atoms with Crippen LogP contribution in [0.1, 0.15) is 31.9 Å². The highest BCUT2D eigenvalue weighted by molar-refractivity contribution is 7.91. The predicted molar refractivity (Wildman–Crippen MR) is 73.4 cm³/mol. The molecule has 0 saturated heterocycles. The second kappa shape index (κ2) is 5.18. The number of sulfonamides is 1. The zero-order valence-electron chi connectivity index (χ0n) is 10.8. The first-order chi connectivity index (χ1) is 8.79. The fraction of sp³-hybridized carbons (Fsp3) is 0.636. The van der Waals surface area contributed by atoms with Crippen molar-refractivity contribution in [2.75, 3.05) is 5.32 Å². The minimum absolute atomic E-state index is 0.00210. The van der Waals surface area contributed by atoms with Crippen molar-refractivity contribution in [2.45, 2.75) is 37.3 Å². The van der Waals surface area contributed by atoms with E-state index in [1.807, 2.05) is 0 Å². The van der Waals surface area contributed by atoms with E-state index in [1.165, 1.54) is 0 Å². The Morgan fingerprint density at radius 2 is 2.16 bits per heavy atom. The van der Waals surface area contributed by atoms with Crippen molar-refractivity contribution in [3.8, 4) is 0 Å². The molecule has 0 radical (unpaired) electrons. The normalized spacial score (nSPS) is 23.5. The molecule has 1 aliphatic rings. The Morgan fingerprint density at radius 1 is 1.47 bits per heavy atom. The molecule has 1 heterocycles. The van der Waals surface area contributed by atoms with E-state index in [-0.39, 0.29) is 16.0 Å². The van der Waals surface area contributed by atoms with Gasteiger partial charge in [0.1, 0.15) is 0 Å². The molecule has 0 spiro atoms. The number of hydrogen-bond donors (Lipinski definition) is 2. The van der Waals surface area contributed by atoms with Crippen molar-refractivity contribution in [1.29, 1.82) is 0 Å². The van der Waals surface area contributed by atoms with E-state index < -0.39 is 10.0 Å². The summed E-state index contributed by atoms with van der Waals surface area (Å²) >= 11 is 0.899. The Kier molecular flexibility index (Phi) is 3.93. The van der Waals surface area contributed by atoms with Gasteiger partial charge in [0.05, 0.1) is 5.69 Å². The van der Waals surface area contributed by atoms with Crippen molar-refractivity contribution < 1.29 is 13.2 Å². The molecule has 1 amide bonds. The van der Waals surface area contributed by atoms with Gasteiger partial charge in [-0.2, -0.15) is 0 Å². The lowest BCUT2D eigenvalue weighted by Gasteiger charge is -2.13. The molecule has 1 aliphatic carbocycles. The van der Waals surface area contributed by atoms with Crippen molar-refractivity contribution in [1.82, 2.24) is 4.98 Å². The zero-order chi connectivity index (χ0) is 14.2. The lowest BCUT2D eigenvalue weighted by atomic mass is 9.97. The van der Waals surface area contributed by atoms with Crippen LogP contribution < -0.4 is 10.5 Å². The van der Waals surface area contributed by atoms with Gasteiger partial charge >= 0.3 is 0 Å². The third kappa shape index (κ3) is 3.13. The van der Waals surface area contributed by atoms with Gasteiger partial charge in [0.15, 0.2) is 9.34 Å². The predicted octanol–water partition coefficient (Wildman–Crippen LogP) is 1.47. The summed E-state index contributed by atoms with van der Waals surface area (Å²) in [6, 6.07) is 0. The van der Waals surface area contributed by atoms with Crippen molar-refractivity contribution in [3.05, 3.63) is 5.69 Å². The standard InChI is InChI=1S/C11H17N3O3S2/c1-6-4-3-5-8(6)9(15)14-11-13-7(2)10(18-11)19(12,16)17/h6,8H,3-5H2,1-2H3,(H2,12,16,17)(H,13,14,15). The number of anilines is 1. The van der Waals surface area contributed by atoms with Crippen molar-refractivity contribution >= 4 is 32.4 Å². The number of carbonyl (C=O) groups is 1. The zero-order valence-corrected chi connectivity index (χ0v) is 12.5. The summed E-state index contributed by atoms with van der Waals surface area (Å²) in [5.41, 5.74) is 0.322. The summed E-state index contributed by atoms with van der Waals surface area (Å²) in [5, 5.41) is 8.07. The minimum Gasteiger partial charge on any atom is -0.302 e. The van der Waals surface area contributed by atoms with Crippen LogP contribution in [0.2, 0.25) is 0 Å². The molecule has 2 unspecified atom stereocenters. The molecule has 0 bridgehead atoms. The van der Waals surface area contributed by atoms with Gasteiger partial charge in [-0.1, -0.05) is 24.7 Å². The molecule has 1 fully saturated rings. The van der Waals surface area contributed by atoms with Crippen LogP contribution >= 0.6 is 11.3 Å². The molecule has 0 aromatic carbocycles. The molecule has 1 aromatic heterocycles. The SMILES string of the molecule is Cc1nc(NC(=O)C2CCCC2C)sc1S(N)(=O)=O. The average molecular weight is 303 g/mol. The van der Waals surface area contributed by atoms with E-state index in [1.54, 1.807) is 6.92 Å². The smallest absolute Gasteiger partial charge is 0.249 e. The Bertz CT molecular complexity index is 594. The molecule has 8 heteroatoms. The number of aryl methyl sites for hydroxylation is 1. The second-order valence-corrected chi connectivity index (χ2v) is 7.70. The van der Waals surface area contributed by atoms with Crippen LogP contribution in [0.15, 0.2) is 4.21 Å². The van der Waals surface area contributed by atoms with Crippen LogP contribution in [-0.4, -0.2) is 19.3 Å². The largest absolute Gasteiger partial charge is 0.302 e. The molecule has 2 atom stereocenters. The first kappa shape index (κ1) is 14.4. The lowest BCUT2D eigenvalue weighted by molar-refractivity contribution is -0.120. The number of nitrogens with one attached hydrogen (secondary N) is 1. The van der Waals surface area contributed by atoms with Gasteiger partial charge in [-0.3, -0.25) is 4.79 Å². The molecule has 1 saturated carbocycles. The average Bonchev–Trinajstić information content (AvgIpc) is 2.83. The summed E-state index contributed by atoms with van der Waals surface area (Å²) in [4.78, 5) is 16.1. The van der Waals surface area contributed by atoms with Crippen molar-refractivity contribution in [3.63, 3.8) is 0 Å². The first-order valence-electron chi connectivity index (χ1n) is 6.10. The molecule has 19 heavy (non-hydrogen) atoms. The number of thiazole rings is 1. The Labute approximate surface area is 116 Å². The topological polar surface area (TPSA) is 102 Å². The first-order valence-corrected chi connectivity index (χ1v) is 8.46. The second-order valence-electron chi connectivity index (χ2n) is 4.94. The fourth-order valence-electron chi connectivity index (χ4n) is 2.43. The monoisotopic (exact) mass is 303 g/mol. The van der Waals surface area contributed by atoms with Crippen LogP contribution in [0, 0.1) is 18.8 Å². The van der Waals surface area contributed by atoms with E-state index in [4.69, 9.17) is 5.14 Å². The highest BCUT2D eigenvalue weighted by atomic mass is 32.2. The van der Waals surface area contributed by atoms with Crippen molar-refractivity contribution in [2.24, 2.45) is 17.0 Å². The summed E-state index contributed by atoms with van der Waals surface area (Å²) in [5.74, 6) is 0.264.